The molecule has 1 saturated heterocycles. The number of methoxy groups -OCH3 is 1. The topological polar surface area (TPSA) is 76.6 Å². The maximum absolute atomic E-state index is 14.3. The molecule has 7 nitrogen and oxygen atoms in total. The first kappa shape index (κ1) is 18.7. The van der Waals surface area contributed by atoms with Gasteiger partial charge in [-0.2, -0.15) is 0 Å². The van der Waals surface area contributed by atoms with Gasteiger partial charge in [0.25, 0.3) is 0 Å². The average molecular weight is 380 g/mol. The summed E-state index contributed by atoms with van der Waals surface area (Å²) in [5, 5.41) is 3.29. The maximum Gasteiger partial charge on any atom is 0.250 e. The minimum absolute atomic E-state index is 0.00493. The quantitative estimate of drug-likeness (QED) is 0.827. The van der Waals surface area contributed by atoms with Crippen molar-refractivity contribution >= 4 is 22.4 Å². The summed E-state index contributed by atoms with van der Waals surface area (Å²) in [4.78, 5) is 22.5. The van der Waals surface area contributed by atoms with Crippen molar-refractivity contribution in [3.8, 4) is 5.88 Å². The molecule has 1 fully saturated rings. The Balaban J connectivity index is 1.59. The van der Waals surface area contributed by atoms with Gasteiger partial charge in [-0.25, -0.2) is 14.4 Å². The van der Waals surface area contributed by atoms with Gasteiger partial charge in [0.1, 0.15) is 0 Å². The summed E-state index contributed by atoms with van der Waals surface area (Å²) in [6.45, 7) is 4.26. The molecule has 1 unspecified atom stereocenters. The largest absolute Gasteiger partial charge is 0.479 e. The number of anilines is 1. The first-order valence-electron chi connectivity index (χ1n) is 8.28. The predicted molar refractivity (Wildman–Crippen MR) is 95.9 cm³/mol. The van der Waals surface area contributed by atoms with Gasteiger partial charge in [0.2, 0.25) is 11.8 Å². The Morgan fingerprint density at radius 1 is 1.54 bits per heavy atom. The Labute approximate surface area is 155 Å². The van der Waals surface area contributed by atoms with Crippen molar-refractivity contribution in [3.63, 3.8) is 0 Å². The zero-order valence-electron chi connectivity index (χ0n) is 14.7. The van der Waals surface area contributed by atoms with Crippen LogP contribution in [0.1, 0.15) is 17.4 Å². The Morgan fingerprint density at radius 2 is 2.38 bits per heavy atom. The lowest BCUT2D eigenvalue weighted by atomic mass is 10.1. The number of amides is 1. The molecular weight excluding hydrogens is 359 g/mol. The van der Waals surface area contributed by atoms with Crippen LogP contribution in [0, 0.1) is 5.82 Å². The van der Waals surface area contributed by atoms with Crippen molar-refractivity contribution in [2.75, 3.05) is 32.1 Å². The van der Waals surface area contributed by atoms with Gasteiger partial charge in [0, 0.05) is 50.2 Å². The van der Waals surface area contributed by atoms with Crippen molar-refractivity contribution in [3.05, 3.63) is 34.7 Å². The third-order valence-electron chi connectivity index (χ3n) is 4.02. The van der Waals surface area contributed by atoms with E-state index in [1.54, 1.807) is 18.5 Å². The van der Waals surface area contributed by atoms with Crippen LogP contribution in [0.15, 0.2) is 18.5 Å². The predicted octanol–water partition coefficient (Wildman–Crippen LogP) is 2.09. The molecule has 1 N–H and O–H groups in total. The molecule has 1 aliphatic heterocycles. The van der Waals surface area contributed by atoms with Crippen LogP contribution in [0.25, 0.3) is 0 Å². The molecule has 140 valence electrons. The second-order valence-corrected chi connectivity index (χ2v) is 7.15. The number of pyridine rings is 1. The summed E-state index contributed by atoms with van der Waals surface area (Å²) in [6.07, 6.45) is 3.67. The number of thiazole rings is 1. The smallest absolute Gasteiger partial charge is 0.250 e. The highest BCUT2D eigenvalue weighted by atomic mass is 32.1. The van der Waals surface area contributed by atoms with Gasteiger partial charge in [-0.05, 0) is 11.6 Å². The number of rotatable bonds is 6. The number of carbonyl (C=O) groups is 1. The van der Waals surface area contributed by atoms with Gasteiger partial charge >= 0.3 is 0 Å². The Morgan fingerprint density at radius 3 is 3.15 bits per heavy atom. The van der Waals surface area contributed by atoms with Crippen LogP contribution < -0.4 is 10.1 Å². The van der Waals surface area contributed by atoms with Gasteiger partial charge in [-0.3, -0.25) is 9.69 Å². The van der Waals surface area contributed by atoms with Gasteiger partial charge in [0.05, 0.1) is 19.8 Å². The number of nitrogens with one attached hydrogen (secondary N) is 1. The summed E-state index contributed by atoms with van der Waals surface area (Å²) in [6, 6.07) is 1.66. The number of hydrogen-bond donors (Lipinski definition) is 1. The highest BCUT2D eigenvalue weighted by Crippen LogP contribution is 2.23. The molecule has 1 atom stereocenters. The fraction of sp³-hybridized carbons (Fsp3) is 0.471. The van der Waals surface area contributed by atoms with E-state index in [0.29, 0.717) is 30.3 Å². The summed E-state index contributed by atoms with van der Waals surface area (Å²) < 4.78 is 25.0. The Hall–Kier alpha value is -2.10. The van der Waals surface area contributed by atoms with E-state index in [-0.39, 0.29) is 17.9 Å². The van der Waals surface area contributed by atoms with Gasteiger partial charge in [-0.15, -0.1) is 11.3 Å². The molecule has 0 bridgehead atoms. The summed E-state index contributed by atoms with van der Waals surface area (Å²) in [5.74, 6) is -0.560. The molecule has 1 aliphatic rings. The molecule has 0 saturated carbocycles. The van der Waals surface area contributed by atoms with Crippen molar-refractivity contribution in [1.29, 1.82) is 0 Å². The van der Waals surface area contributed by atoms with Crippen LogP contribution in [0.3, 0.4) is 0 Å². The SMILES string of the molecule is COc1nccc(CC2CN(Cc3cnc(NC(C)=O)s3)CCO2)c1F. The molecule has 0 spiro atoms. The standard InChI is InChI=1S/C17H21FN4O3S/c1-11(23)21-17-20-8-14(26-17)10-22-5-6-25-13(9-22)7-12-3-4-19-16(24-2)15(12)18/h3-4,8,13H,5-7,9-10H2,1-2H3,(H,20,21,23). The van der Waals surface area contributed by atoms with Gasteiger partial charge in [-0.1, -0.05) is 0 Å². The number of nitrogens with zero attached hydrogens (tertiary/aromatic N) is 3. The first-order valence-corrected chi connectivity index (χ1v) is 9.10. The second kappa shape index (κ2) is 8.52. The zero-order valence-corrected chi connectivity index (χ0v) is 15.5. The molecule has 2 aromatic heterocycles. The molecule has 26 heavy (non-hydrogen) atoms. The highest BCUT2D eigenvalue weighted by Gasteiger charge is 2.23. The van der Waals surface area contributed by atoms with Crippen LogP contribution >= 0.6 is 11.3 Å². The molecule has 0 aromatic carbocycles. The number of ether oxygens (including phenoxy) is 2. The van der Waals surface area contributed by atoms with E-state index in [0.717, 1.165) is 18.0 Å². The third kappa shape index (κ3) is 4.75. The fourth-order valence-electron chi connectivity index (χ4n) is 2.86. The molecule has 1 amide bonds. The van der Waals surface area contributed by atoms with E-state index in [4.69, 9.17) is 9.47 Å². The van der Waals surface area contributed by atoms with Gasteiger partial charge in [0.15, 0.2) is 10.9 Å². The number of hydrogen-bond acceptors (Lipinski definition) is 7. The van der Waals surface area contributed by atoms with Crippen molar-refractivity contribution in [2.45, 2.75) is 26.0 Å². The minimum atomic E-state index is -0.432. The minimum Gasteiger partial charge on any atom is -0.479 e. The van der Waals surface area contributed by atoms with Gasteiger partial charge < -0.3 is 14.8 Å². The Kier molecular flexibility index (Phi) is 6.12. The monoisotopic (exact) mass is 380 g/mol. The molecule has 0 radical (unpaired) electrons. The lowest BCUT2D eigenvalue weighted by molar-refractivity contribution is -0.114. The second-order valence-electron chi connectivity index (χ2n) is 6.04. The van der Waals surface area contributed by atoms with Crippen LogP contribution in [0.4, 0.5) is 9.52 Å². The average Bonchev–Trinajstić information content (AvgIpc) is 3.03. The third-order valence-corrected chi connectivity index (χ3v) is 4.91. The molecule has 2 aromatic rings. The van der Waals surface area contributed by atoms with Crippen LogP contribution in [0.5, 0.6) is 5.88 Å². The van der Waals surface area contributed by atoms with Crippen LogP contribution in [0.2, 0.25) is 0 Å². The number of morpholine rings is 1. The van der Waals surface area contributed by atoms with Crippen LogP contribution in [-0.2, 0) is 22.5 Å². The van der Waals surface area contributed by atoms with E-state index in [1.807, 2.05) is 0 Å². The van der Waals surface area contributed by atoms with Crippen molar-refractivity contribution in [1.82, 2.24) is 14.9 Å². The molecule has 3 heterocycles. The van der Waals surface area contributed by atoms with Crippen molar-refractivity contribution in [2.24, 2.45) is 0 Å². The van der Waals surface area contributed by atoms with E-state index in [2.05, 4.69) is 20.2 Å². The summed E-state index contributed by atoms with van der Waals surface area (Å²) in [7, 11) is 1.40. The molecule has 3 rings (SSSR count). The fourth-order valence-corrected chi connectivity index (χ4v) is 3.77. The number of carbonyl (C=O) groups excluding carboxylic acids is 1. The van der Waals surface area contributed by atoms with E-state index < -0.39 is 5.82 Å². The highest BCUT2D eigenvalue weighted by molar-refractivity contribution is 7.15. The summed E-state index contributed by atoms with van der Waals surface area (Å²) in [5.41, 5.74) is 0.537. The summed E-state index contributed by atoms with van der Waals surface area (Å²) >= 11 is 1.46. The first-order chi connectivity index (χ1) is 12.5. The molecule has 9 heteroatoms. The molecular formula is C17H21FN4O3S. The maximum atomic E-state index is 14.3. The normalized spacial score (nSPS) is 17.9. The van der Waals surface area contributed by atoms with E-state index >= 15 is 0 Å². The number of halogens is 1. The number of aromatic nitrogens is 2. The zero-order chi connectivity index (χ0) is 18.5. The van der Waals surface area contributed by atoms with Crippen molar-refractivity contribution < 1.29 is 18.7 Å². The Bertz CT molecular complexity index is 770. The van der Waals surface area contributed by atoms with E-state index in [1.165, 1.54) is 25.4 Å². The van der Waals surface area contributed by atoms with Crippen LogP contribution in [-0.4, -0.2) is 53.7 Å². The molecule has 0 aliphatic carbocycles. The lowest BCUT2D eigenvalue weighted by Gasteiger charge is -2.32. The van der Waals surface area contributed by atoms with E-state index in [9.17, 15) is 9.18 Å². The lowest BCUT2D eigenvalue weighted by Crippen LogP contribution is -2.42.